The number of benzene rings is 1. The van der Waals surface area contributed by atoms with Gasteiger partial charge in [0.2, 0.25) is 0 Å². The Hall–Kier alpha value is -2.14. The van der Waals surface area contributed by atoms with Gasteiger partial charge in [0.05, 0.1) is 0 Å². The average molecular weight is 303 g/mol. The molecule has 110 valence electrons. The number of nitrogens with one attached hydrogen (secondary N) is 1. The summed E-state index contributed by atoms with van der Waals surface area (Å²) in [4.78, 5) is 24.5. The Kier molecular flexibility index (Phi) is 4.75. The number of anilines is 1. The summed E-state index contributed by atoms with van der Waals surface area (Å²) < 4.78 is 5.19. The SMILES string of the molecule is Cc1ccc(NC(=O)[C@H](C)OC(=O)c2sccc2C)cc1. The van der Waals surface area contributed by atoms with Crippen LogP contribution in [0.15, 0.2) is 35.7 Å². The molecule has 0 aliphatic heterocycles. The number of hydrogen-bond acceptors (Lipinski definition) is 4. The first-order valence-corrected chi connectivity index (χ1v) is 7.48. The van der Waals surface area contributed by atoms with Crippen LogP contribution in [0.3, 0.4) is 0 Å². The summed E-state index contributed by atoms with van der Waals surface area (Å²) in [5.41, 5.74) is 2.65. The molecular weight excluding hydrogens is 286 g/mol. The monoisotopic (exact) mass is 303 g/mol. The van der Waals surface area contributed by atoms with Crippen molar-refractivity contribution in [2.24, 2.45) is 0 Å². The third-order valence-corrected chi connectivity index (χ3v) is 4.02. The van der Waals surface area contributed by atoms with Crippen LogP contribution in [-0.2, 0) is 9.53 Å². The molecule has 1 aromatic carbocycles. The van der Waals surface area contributed by atoms with E-state index in [1.54, 1.807) is 6.92 Å². The van der Waals surface area contributed by atoms with Crippen LogP contribution in [0.2, 0.25) is 0 Å². The third-order valence-electron chi connectivity index (χ3n) is 3.02. The number of ether oxygens (including phenoxy) is 1. The van der Waals surface area contributed by atoms with Crippen LogP contribution in [0.25, 0.3) is 0 Å². The lowest BCUT2D eigenvalue weighted by atomic mass is 10.2. The molecule has 0 aliphatic carbocycles. The highest BCUT2D eigenvalue weighted by Gasteiger charge is 2.20. The minimum Gasteiger partial charge on any atom is -0.448 e. The summed E-state index contributed by atoms with van der Waals surface area (Å²) in [6.07, 6.45) is -0.847. The van der Waals surface area contributed by atoms with Crippen LogP contribution in [0.5, 0.6) is 0 Å². The van der Waals surface area contributed by atoms with E-state index in [2.05, 4.69) is 5.32 Å². The van der Waals surface area contributed by atoms with Crippen LogP contribution in [-0.4, -0.2) is 18.0 Å². The number of carbonyl (C=O) groups excluding carboxylic acids is 2. The molecule has 1 N–H and O–H groups in total. The molecule has 0 unspecified atom stereocenters. The highest BCUT2D eigenvalue weighted by Crippen LogP contribution is 2.17. The van der Waals surface area contributed by atoms with Gasteiger partial charge in [-0.2, -0.15) is 0 Å². The van der Waals surface area contributed by atoms with Crippen molar-refractivity contribution in [1.82, 2.24) is 0 Å². The summed E-state index contributed by atoms with van der Waals surface area (Å²) in [6.45, 7) is 5.37. The number of thiophene rings is 1. The Bertz CT molecular complexity index is 646. The fourth-order valence-electron chi connectivity index (χ4n) is 1.73. The molecule has 2 rings (SSSR count). The molecule has 0 saturated heterocycles. The number of hydrogen-bond donors (Lipinski definition) is 1. The molecule has 0 saturated carbocycles. The van der Waals surface area contributed by atoms with Crippen LogP contribution < -0.4 is 5.32 Å². The van der Waals surface area contributed by atoms with Crippen LogP contribution in [0.4, 0.5) is 5.69 Å². The van der Waals surface area contributed by atoms with Crippen molar-refractivity contribution in [3.8, 4) is 0 Å². The smallest absolute Gasteiger partial charge is 0.349 e. The van der Waals surface area contributed by atoms with E-state index in [1.807, 2.05) is 49.6 Å². The number of aryl methyl sites for hydroxylation is 2. The zero-order chi connectivity index (χ0) is 15.4. The average Bonchev–Trinajstić information content (AvgIpc) is 2.87. The lowest BCUT2D eigenvalue weighted by molar-refractivity contribution is -0.123. The Morgan fingerprint density at radius 1 is 1.14 bits per heavy atom. The summed E-state index contributed by atoms with van der Waals surface area (Å²) in [7, 11) is 0. The highest BCUT2D eigenvalue weighted by atomic mass is 32.1. The van der Waals surface area contributed by atoms with Crippen molar-refractivity contribution < 1.29 is 14.3 Å². The van der Waals surface area contributed by atoms with E-state index >= 15 is 0 Å². The van der Waals surface area contributed by atoms with Gasteiger partial charge in [0.25, 0.3) is 5.91 Å². The molecule has 0 spiro atoms. The lowest BCUT2D eigenvalue weighted by Gasteiger charge is -2.13. The molecule has 0 fully saturated rings. The standard InChI is InChI=1S/C16H17NO3S/c1-10-4-6-13(7-5-10)17-15(18)12(3)20-16(19)14-11(2)8-9-21-14/h4-9,12H,1-3H3,(H,17,18)/t12-/m0/s1. The van der Waals surface area contributed by atoms with Gasteiger partial charge in [-0.05, 0) is 49.9 Å². The van der Waals surface area contributed by atoms with Crippen LogP contribution in [0, 0.1) is 13.8 Å². The zero-order valence-corrected chi connectivity index (χ0v) is 13.0. The molecule has 1 heterocycles. The van der Waals surface area contributed by atoms with E-state index in [0.29, 0.717) is 10.6 Å². The van der Waals surface area contributed by atoms with Gasteiger partial charge in [-0.3, -0.25) is 4.79 Å². The van der Waals surface area contributed by atoms with Gasteiger partial charge < -0.3 is 10.1 Å². The first kappa shape index (κ1) is 15.3. The first-order chi connectivity index (χ1) is 9.97. The van der Waals surface area contributed by atoms with Crippen molar-refractivity contribution in [2.75, 3.05) is 5.32 Å². The first-order valence-electron chi connectivity index (χ1n) is 6.60. The van der Waals surface area contributed by atoms with Gasteiger partial charge in [-0.25, -0.2) is 4.79 Å². The number of esters is 1. The van der Waals surface area contributed by atoms with Gasteiger partial charge >= 0.3 is 5.97 Å². The number of carbonyl (C=O) groups is 2. The molecule has 21 heavy (non-hydrogen) atoms. The lowest BCUT2D eigenvalue weighted by Crippen LogP contribution is -2.29. The fraction of sp³-hybridized carbons (Fsp3) is 0.250. The molecule has 4 nitrogen and oxygen atoms in total. The van der Waals surface area contributed by atoms with Gasteiger partial charge in [0.1, 0.15) is 4.88 Å². The van der Waals surface area contributed by atoms with E-state index in [1.165, 1.54) is 11.3 Å². The Morgan fingerprint density at radius 2 is 1.81 bits per heavy atom. The van der Waals surface area contributed by atoms with E-state index in [-0.39, 0.29) is 5.91 Å². The molecule has 0 aliphatic rings. The summed E-state index contributed by atoms with van der Waals surface area (Å²) in [6, 6.07) is 9.28. The van der Waals surface area contributed by atoms with Crippen molar-refractivity contribution >= 4 is 28.9 Å². The van der Waals surface area contributed by atoms with Gasteiger partial charge in [0, 0.05) is 5.69 Å². The van der Waals surface area contributed by atoms with E-state index in [9.17, 15) is 9.59 Å². The largest absolute Gasteiger partial charge is 0.448 e. The van der Waals surface area contributed by atoms with Crippen molar-refractivity contribution in [1.29, 1.82) is 0 Å². The summed E-state index contributed by atoms with van der Waals surface area (Å²) in [5, 5.41) is 4.54. The normalized spacial score (nSPS) is 11.8. The molecule has 0 radical (unpaired) electrons. The zero-order valence-electron chi connectivity index (χ0n) is 12.2. The molecule has 1 aromatic heterocycles. The Labute approximate surface area is 127 Å². The van der Waals surface area contributed by atoms with Gasteiger partial charge in [-0.15, -0.1) is 11.3 Å². The molecule has 0 bridgehead atoms. The second-order valence-electron chi connectivity index (χ2n) is 4.84. The third kappa shape index (κ3) is 3.92. The van der Waals surface area contributed by atoms with Crippen molar-refractivity contribution in [3.05, 3.63) is 51.7 Å². The maximum Gasteiger partial charge on any atom is 0.349 e. The fourth-order valence-corrected chi connectivity index (χ4v) is 2.54. The maximum absolute atomic E-state index is 12.0. The number of rotatable bonds is 4. The second kappa shape index (κ2) is 6.54. The molecular formula is C16H17NO3S. The minimum atomic E-state index is -0.847. The number of amides is 1. The minimum absolute atomic E-state index is 0.346. The summed E-state index contributed by atoms with van der Waals surface area (Å²) >= 11 is 1.31. The van der Waals surface area contributed by atoms with E-state index in [4.69, 9.17) is 4.74 Å². The van der Waals surface area contributed by atoms with Gasteiger partial charge in [-0.1, -0.05) is 17.7 Å². The quantitative estimate of drug-likeness (QED) is 0.879. The van der Waals surface area contributed by atoms with E-state index in [0.717, 1.165) is 11.1 Å². The predicted octanol–water partition coefficient (Wildman–Crippen LogP) is 3.55. The second-order valence-corrected chi connectivity index (χ2v) is 5.75. The van der Waals surface area contributed by atoms with Crippen LogP contribution in [0.1, 0.15) is 27.7 Å². The molecule has 1 amide bonds. The summed E-state index contributed by atoms with van der Waals surface area (Å²) in [5.74, 6) is -0.810. The maximum atomic E-state index is 12.0. The van der Waals surface area contributed by atoms with Gasteiger partial charge in [0.15, 0.2) is 6.10 Å². The topological polar surface area (TPSA) is 55.4 Å². The highest BCUT2D eigenvalue weighted by molar-refractivity contribution is 7.12. The Morgan fingerprint density at radius 3 is 2.38 bits per heavy atom. The molecule has 5 heteroatoms. The van der Waals surface area contributed by atoms with Crippen molar-refractivity contribution in [2.45, 2.75) is 26.9 Å². The molecule has 2 aromatic rings. The Balaban J connectivity index is 1.95. The van der Waals surface area contributed by atoms with Crippen LogP contribution >= 0.6 is 11.3 Å². The van der Waals surface area contributed by atoms with E-state index < -0.39 is 12.1 Å². The predicted molar refractivity (Wildman–Crippen MR) is 83.7 cm³/mol. The molecule has 1 atom stereocenters. The van der Waals surface area contributed by atoms with Crippen molar-refractivity contribution in [3.63, 3.8) is 0 Å².